The lowest BCUT2D eigenvalue weighted by Gasteiger charge is -2.12. The normalized spacial score (nSPS) is 12.5. The predicted octanol–water partition coefficient (Wildman–Crippen LogP) is 4.41. The van der Waals surface area contributed by atoms with Gasteiger partial charge in [0.25, 0.3) is 0 Å². The molecule has 0 aliphatic rings. The van der Waals surface area contributed by atoms with Gasteiger partial charge in [-0.25, -0.2) is 4.39 Å². The van der Waals surface area contributed by atoms with E-state index in [0.29, 0.717) is 4.47 Å². The van der Waals surface area contributed by atoms with E-state index in [1.54, 1.807) is 18.2 Å². The van der Waals surface area contributed by atoms with Gasteiger partial charge in [0.1, 0.15) is 5.82 Å². The van der Waals surface area contributed by atoms with Gasteiger partial charge in [-0.05, 0) is 34.1 Å². The summed E-state index contributed by atoms with van der Waals surface area (Å²) in [5.74, 6) is -0.425. The monoisotopic (exact) mass is 345 g/mol. The van der Waals surface area contributed by atoms with Crippen LogP contribution >= 0.6 is 15.9 Å². The van der Waals surface area contributed by atoms with E-state index in [1.165, 1.54) is 0 Å². The van der Waals surface area contributed by atoms with Crippen molar-refractivity contribution in [3.63, 3.8) is 0 Å². The highest BCUT2D eigenvalue weighted by molar-refractivity contribution is 9.10. The van der Waals surface area contributed by atoms with Gasteiger partial charge in [0, 0.05) is 23.1 Å². The predicted molar refractivity (Wildman–Crippen MR) is 84.5 cm³/mol. The number of aliphatic hydroxyl groups is 1. The Morgan fingerprint density at radius 3 is 2.71 bits per heavy atom. The molecule has 0 spiro atoms. The molecule has 3 rings (SSSR count). The van der Waals surface area contributed by atoms with Crippen molar-refractivity contribution < 1.29 is 9.50 Å². The van der Waals surface area contributed by atoms with E-state index < -0.39 is 11.9 Å². The molecular formula is C17H13BrFNO. The summed E-state index contributed by atoms with van der Waals surface area (Å²) in [5.41, 5.74) is 1.89. The summed E-state index contributed by atoms with van der Waals surface area (Å²) in [7, 11) is 0. The second-order valence-electron chi connectivity index (χ2n) is 4.86. The fourth-order valence-electron chi connectivity index (χ4n) is 2.31. The van der Waals surface area contributed by atoms with E-state index in [4.69, 9.17) is 0 Å². The molecule has 21 heavy (non-hydrogen) atoms. The zero-order valence-electron chi connectivity index (χ0n) is 11.1. The van der Waals surface area contributed by atoms with E-state index in [1.807, 2.05) is 36.4 Å². The summed E-state index contributed by atoms with van der Waals surface area (Å²) < 4.78 is 14.3. The van der Waals surface area contributed by atoms with Crippen LogP contribution < -0.4 is 0 Å². The molecular weight excluding hydrogens is 333 g/mol. The average Bonchev–Trinajstić information content (AvgIpc) is 2.50. The number of rotatable bonds is 3. The lowest BCUT2D eigenvalue weighted by molar-refractivity contribution is 0.172. The van der Waals surface area contributed by atoms with E-state index in [0.717, 1.165) is 16.6 Å². The Labute approximate surface area is 130 Å². The lowest BCUT2D eigenvalue weighted by Crippen LogP contribution is -2.06. The number of hydrogen-bond donors (Lipinski definition) is 1. The Morgan fingerprint density at radius 2 is 1.86 bits per heavy atom. The van der Waals surface area contributed by atoms with E-state index in [2.05, 4.69) is 20.9 Å². The first-order valence-corrected chi connectivity index (χ1v) is 7.41. The number of para-hydroxylation sites is 1. The van der Waals surface area contributed by atoms with Crippen LogP contribution in [-0.4, -0.2) is 10.1 Å². The third-order valence-corrected chi connectivity index (χ3v) is 4.01. The zero-order chi connectivity index (χ0) is 14.8. The van der Waals surface area contributed by atoms with Crippen LogP contribution in [0.1, 0.15) is 17.4 Å². The number of hydrogen-bond acceptors (Lipinski definition) is 2. The Kier molecular flexibility index (Phi) is 3.99. The van der Waals surface area contributed by atoms with Crippen LogP contribution in [0.15, 0.2) is 59.1 Å². The first kappa shape index (κ1) is 14.2. The first-order chi connectivity index (χ1) is 10.1. The molecule has 1 unspecified atom stereocenters. The second kappa shape index (κ2) is 5.92. The van der Waals surface area contributed by atoms with Crippen molar-refractivity contribution >= 4 is 26.8 Å². The molecule has 4 heteroatoms. The molecule has 2 nitrogen and oxygen atoms in total. The van der Waals surface area contributed by atoms with Crippen molar-refractivity contribution in [3.05, 3.63) is 76.1 Å². The minimum atomic E-state index is -0.920. The number of benzene rings is 2. The Bertz CT molecular complexity index is 791. The van der Waals surface area contributed by atoms with Crippen molar-refractivity contribution in [3.8, 4) is 0 Å². The minimum absolute atomic E-state index is 0.276. The summed E-state index contributed by atoms with van der Waals surface area (Å²) in [5, 5.41) is 11.3. The maximum absolute atomic E-state index is 14.0. The van der Waals surface area contributed by atoms with Crippen LogP contribution in [-0.2, 0) is 6.42 Å². The number of aliphatic hydroxyl groups excluding tert-OH is 1. The molecule has 0 aliphatic carbocycles. The van der Waals surface area contributed by atoms with E-state index in [9.17, 15) is 9.50 Å². The highest BCUT2D eigenvalue weighted by atomic mass is 79.9. The first-order valence-electron chi connectivity index (χ1n) is 6.62. The summed E-state index contributed by atoms with van der Waals surface area (Å²) in [6.07, 6.45) is -0.644. The molecule has 1 N–H and O–H groups in total. The van der Waals surface area contributed by atoms with Crippen LogP contribution in [0.25, 0.3) is 10.9 Å². The van der Waals surface area contributed by atoms with Crippen LogP contribution in [0.2, 0.25) is 0 Å². The standard InChI is InChI=1S/C17H13BrFNO/c18-14-6-3-5-13(17(14)19)16(21)10-12-9-8-11-4-1-2-7-15(11)20-12/h1-9,16,21H,10H2. The average molecular weight is 346 g/mol. The Balaban J connectivity index is 1.89. The van der Waals surface area contributed by atoms with Gasteiger partial charge in [-0.2, -0.15) is 0 Å². The molecule has 2 aromatic carbocycles. The minimum Gasteiger partial charge on any atom is -0.388 e. The maximum Gasteiger partial charge on any atom is 0.143 e. The van der Waals surface area contributed by atoms with Crippen LogP contribution in [0, 0.1) is 5.82 Å². The van der Waals surface area contributed by atoms with Gasteiger partial charge in [0.05, 0.1) is 16.1 Å². The smallest absolute Gasteiger partial charge is 0.143 e. The summed E-state index contributed by atoms with van der Waals surface area (Å²) in [4.78, 5) is 4.50. The van der Waals surface area contributed by atoms with Crippen molar-refractivity contribution in [1.29, 1.82) is 0 Å². The molecule has 0 saturated heterocycles. The van der Waals surface area contributed by atoms with Crippen molar-refractivity contribution in [2.45, 2.75) is 12.5 Å². The van der Waals surface area contributed by atoms with Gasteiger partial charge in [-0.1, -0.05) is 36.4 Å². The molecule has 0 amide bonds. The molecule has 1 heterocycles. The topological polar surface area (TPSA) is 33.1 Å². The van der Waals surface area contributed by atoms with Gasteiger partial charge in [-0.15, -0.1) is 0 Å². The molecule has 0 aliphatic heterocycles. The van der Waals surface area contributed by atoms with Crippen LogP contribution in [0.5, 0.6) is 0 Å². The van der Waals surface area contributed by atoms with Crippen LogP contribution in [0.3, 0.4) is 0 Å². The molecule has 0 fully saturated rings. The molecule has 0 bridgehead atoms. The number of fused-ring (bicyclic) bond motifs is 1. The summed E-state index contributed by atoms with van der Waals surface area (Å²) in [6, 6.07) is 16.5. The fourth-order valence-corrected chi connectivity index (χ4v) is 2.69. The number of aromatic nitrogens is 1. The molecule has 1 atom stereocenters. The van der Waals surface area contributed by atoms with E-state index in [-0.39, 0.29) is 12.0 Å². The summed E-state index contributed by atoms with van der Waals surface area (Å²) in [6.45, 7) is 0. The summed E-state index contributed by atoms with van der Waals surface area (Å²) >= 11 is 3.13. The van der Waals surface area contributed by atoms with Crippen molar-refractivity contribution in [2.24, 2.45) is 0 Å². The van der Waals surface area contributed by atoms with Gasteiger partial charge >= 0.3 is 0 Å². The third-order valence-electron chi connectivity index (χ3n) is 3.40. The largest absolute Gasteiger partial charge is 0.388 e. The number of pyridine rings is 1. The maximum atomic E-state index is 14.0. The molecule has 106 valence electrons. The highest BCUT2D eigenvalue weighted by Crippen LogP contribution is 2.26. The SMILES string of the molecule is OC(Cc1ccc2ccccc2n1)c1cccc(Br)c1F. The van der Waals surface area contributed by atoms with Gasteiger partial charge in [0.2, 0.25) is 0 Å². The molecule has 1 aromatic heterocycles. The third kappa shape index (κ3) is 2.96. The highest BCUT2D eigenvalue weighted by Gasteiger charge is 2.16. The number of halogens is 2. The van der Waals surface area contributed by atoms with Crippen molar-refractivity contribution in [1.82, 2.24) is 4.98 Å². The molecule has 0 saturated carbocycles. The molecule has 0 radical (unpaired) electrons. The zero-order valence-corrected chi connectivity index (χ0v) is 12.7. The molecule has 3 aromatic rings. The van der Waals surface area contributed by atoms with E-state index >= 15 is 0 Å². The Morgan fingerprint density at radius 1 is 1.05 bits per heavy atom. The number of nitrogens with zero attached hydrogens (tertiary/aromatic N) is 1. The lowest BCUT2D eigenvalue weighted by atomic mass is 10.0. The quantitative estimate of drug-likeness (QED) is 0.762. The van der Waals surface area contributed by atoms with Gasteiger partial charge < -0.3 is 5.11 Å². The van der Waals surface area contributed by atoms with Gasteiger partial charge in [-0.3, -0.25) is 4.98 Å². The van der Waals surface area contributed by atoms with Gasteiger partial charge in [0.15, 0.2) is 0 Å². The Hall–Kier alpha value is -1.78. The second-order valence-corrected chi connectivity index (χ2v) is 5.71. The fraction of sp³-hybridized carbons (Fsp3) is 0.118. The van der Waals surface area contributed by atoms with Crippen molar-refractivity contribution in [2.75, 3.05) is 0 Å². The van der Waals surface area contributed by atoms with Crippen LogP contribution in [0.4, 0.5) is 4.39 Å².